The van der Waals surface area contributed by atoms with Crippen LogP contribution in [0.25, 0.3) is 0 Å². The third-order valence-corrected chi connectivity index (χ3v) is 3.08. The molecule has 70 valence electrons. The Bertz CT molecular complexity index is 305. The molecule has 0 aliphatic rings. The third-order valence-electron chi connectivity index (χ3n) is 1.53. The quantitative estimate of drug-likeness (QED) is 0.727. The number of hydrogen-bond donors (Lipinski definition) is 0. The molecule has 1 rings (SSSR count). The van der Waals surface area contributed by atoms with E-state index in [1.807, 2.05) is 6.92 Å². The van der Waals surface area contributed by atoms with Gasteiger partial charge in [-0.15, -0.1) is 0 Å². The van der Waals surface area contributed by atoms with Crippen molar-refractivity contribution in [3.8, 4) is 0 Å². The van der Waals surface area contributed by atoms with Crippen LogP contribution >= 0.6 is 31.8 Å². The SMILES string of the molecule is CCPC(=O)c1c(Cl)cccc1Cl. The summed E-state index contributed by atoms with van der Waals surface area (Å²) in [4.78, 5) is 11.5. The van der Waals surface area contributed by atoms with Crippen LogP contribution in [-0.4, -0.2) is 11.7 Å². The predicted octanol–water partition coefficient (Wildman–Crippen LogP) is 3.83. The van der Waals surface area contributed by atoms with Crippen LogP contribution in [0.1, 0.15) is 17.3 Å². The molecule has 0 fully saturated rings. The van der Waals surface area contributed by atoms with Crippen LogP contribution in [-0.2, 0) is 0 Å². The molecular formula is C9H9Cl2OP. The van der Waals surface area contributed by atoms with Crippen molar-refractivity contribution in [1.29, 1.82) is 0 Å². The number of carbonyl (C=O) groups is 1. The van der Waals surface area contributed by atoms with Crippen LogP contribution in [0.4, 0.5) is 0 Å². The van der Waals surface area contributed by atoms with Crippen LogP contribution in [0.2, 0.25) is 10.0 Å². The average molecular weight is 235 g/mol. The van der Waals surface area contributed by atoms with E-state index in [1.165, 1.54) is 0 Å². The summed E-state index contributed by atoms with van der Waals surface area (Å²) in [6.45, 7) is 1.96. The molecule has 0 heterocycles. The van der Waals surface area contributed by atoms with E-state index in [1.54, 1.807) is 18.2 Å². The van der Waals surface area contributed by atoms with E-state index in [4.69, 9.17) is 23.2 Å². The van der Waals surface area contributed by atoms with Gasteiger partial charge in [-0.1, -0.05) is 36.2 Å². The molecular weight excluding hydrogens is 226 g/mol. The largest absolute Gasteiger partial charge is 0.289 e. The maximum Gasteiger partial charge on any atom is 0.184 e. The van der Waals surface area contributed by atoms with Crippen molar-refractivity contribution in [2.24, 2.45) is 0 Å². The lowest BCUT2D eigenvalue weighted by Gasteiger charge is -2.03. The highest BCUT2D eigenvalue weighted by molar-refractivity contribution is 7.58. The van der Waals surface area contributed by atoms with Crippen molar-refractivity contribution < 1.29 is 4.79 Å². The maximum atomic E-state index is 11.5. The topological polar surface area (TPSA) is 17.1 Å². The Labute approximate surface area is 89.2 Å². The molecule has 1 nitrogen and oxygen atoms in total. The molecule has 0 spiro atoms. The molecule has 0 N–H and O–H groups in total. The molecule has 1 atom stereocenters. The Morgan fingerprint density at radius 3 is 2.38 bits per heavy atom. The zero-order chi connectivity index (χ0) is 9.84. The minimum atomic E-state index is 0.0399. The fourth-order valence-corrected chi connectivity index (χ4v) is 2.46. The lowest BCUT2D eigenvalue weighted by atomic mass is 10.2. The second-order valence-electron chi connectivity index (χ2n) is 2.46. The van der Waals surface area contributed by atoms with Gasteiger partial charge in [-0.25, -0.2) is 0 Å². The van der Waals surface area contributed by atoms with E-state index in [2.05, 4.69) is 0 Å². The summed E-state index contributed by atoms with van der Waals surface area (Å²) < 4.78 is 0. The molecule has 0 aromatic heterocycles. The summed E-state index contributed by atoms with van der Waals surface area (Å²) >= 11 is 11.7. The Kier molecular flexibility index (Phi) is 4.18. The van der Waals surface area contributed by atoms with Crippen molar-refractivity contribution in [1.82, 2.24) is 0 Å². The first-order valence-corrected chi connectivity index (χ1v) is 5.85. The summed E-state index contributed by atoms with van der Waals surface area (Å²) in [5.74, 6) is 0. The first-order chi connectivity index (χ1) is 6.16. The number of rotatable bonds is 3. The van der Waals surface area contributed by atoms with Crippen LogP contribution in [0.15, 0.2) is 18.2 Å². The summed E-state index contributed by atoms with van der Waals surface area (Å²) in [6, 6.07) is 5.10. The normalized spacial score (nSPS) is 11.0. The Morgan fingerprint density at radius 2 is 1.92 bits per heavy atom. The zero-order valence-electron chi connectivity index (χ0n) is 7.10. The van der Waals surface area contributed by atoms with Gasteiger partial charge in [0.05, 0.1) is 15.6 Å². The molecule has 1 aromatic rings. The molecule has 0 radical (unpaired) electrons. The minimum Gasteiger partial charge on any atom is -0.289 e. The van der Waals surface area contributed by atoms with Gasteiger partial charge in [-0.05, 0) is 26.9 Å². The van der Waals surface area contributed by atoms with Gasteiger partial charge in [-0.2, -0.15) is 0 Å². The fraction of sp³-hybridized carbons (Fsp3) is 0.222. The van der Waals surface area contributed by atoms with Gasteiger partial charge in [-0.3, -0.25) is 4.79 Å². The molecule has 13 heavy (non-hydrogen) atoms. The standard InChI is InChI=1S/C9H9Cl2OP/c1-2-13-9(12)8-6(10)4-3-5-7(8)11/h3-5,13H,2H2,1H3. The summed E-state index contributed by atoms with van der Waals surface area (Å²) in [6.07, 6.45) is 0.834. The summed E-state index contributed by atoms with van der Waals surface area (Å²) in [7, 11) is 0.251. The van der Waals surface area contributed by atoms with Gasteiger partial charge >= 0.3 is 0 Å². The maximum absolute atomic E-state index is 11.5. The number of hydrogen-bond acceptors (Lipinski definition) is 1. The summed E-state index contributed by atoms with van der Waals surface area (Å²) in [5.41, 5.74) is 0.504. The van der Waals surface area contributed by atoms with Gasteiger partial charge in [0.2, 0.25) is 0 Å². The third kappa shape index (κ3) is 2.67. The van der Waals surface area contributed by atoms with Crippen molar-refractivity contribution >= 4 is 37.3 Å². The number of carbonyl (C=O) groups excluding carboxylic acids is 1. The van der Waals surface area contributed by atoms with Crippen molar-refractivity contribution in [2.45, 2.75) is 6.92 Å². The van der Waals surface area contributed by atoms with Gasteiger partial charge in [0.15, 0.2) is 5.52 Å². The van der Waals surface area contributed by atoms with Gasteiger partial charge in [0.25, 0.3) is 0 Å². The van der Waals surface area contributed by atoms with Crippen molar-refractivity contribution in [3.05, 3.63) is 33.8 Å². The van der Waals surface area contributed by atoms with E-state index in [-0.39, 0.29) is 14.1 Å². The molecule has 4 heteroatoms. The molecule has 0 saturated heterocycles. The first-order valence-electron chi connectivity index (χ1n) is 3.89. The molecule has 0 aliphatic heterocycles. The van der Waals surface area contributed by atoms with E-state index >= 15 is 0 Å². The highest BCUT2D eigenvalue weighted by atomic mass is 35.5. The lowest BCUT2D eigenvalue weighted by molar-refractivity contribution is 0.108. The van der Waals surface area contributed by atoms with Crippen molar-refractivity contribution in [2.75, 3.05) is 6.16 Å². The van der Waals surface area contributed by atoms with Crippen LogP contribution < -0.4 is 0 Å². The molecule has 0 bridgehead atoms. The molecule has 1 aromatic carbocycles. The monoisotopic (exact) mass is 234 g/mol. The van der Waals surface area contributed by atoms with Crippen LogP contribution in [0.5, 0.6) is 0 Å². The number of halogens is 2. The smallest absolute Gasteiger partial charge is 0.184 e. The Balaban J connectivity index is 3.05. The molecule has 1 unspecified atom stereocenters. The van der Waals surface area contributed by atoms with Crippen LogP contribution in [0, 0.1) is 0 Å². The second-order valence-corrected chi connectivity index (χ2v) is 4.79. The molecule has 0 amide bonds. The zero-order valence-corrected chi connectivity index (χ0v) is 9.62. The van der Waals surface area contributed by atoms with E-state index in [0.29, 0.717) is 15.6 Å². The average Bonchev–Trinajstić information content (AvgIpc) is 2.04. The molecule has 0 saturated carbocycles. The van der Waals surface area contributed by atoms with Gasteiger partial charge in [0.1, 0.15) is 0 Å². The highest BCUT2D eigenvalue weighted by Gasteiger charge is 2.12. The van der Waals surface area contributed by atoms with Gasteiger partial charge in [0, 0.05) is 0 Å². The second kappa shape index (κ2) is 4.95. The van der Waals surface area contributed by atoms with E-state index in [0.717, 1.165) is 6.16 Å². The predicted molar refractivity (Wildman–Crippen MR) is 59.6 cm³/mol. The Morgan fingerprint density at radius 1 is 1.38 bits per heavy atom. The molecule has 0 aliphatic carbocycles. The summed E-state index contributed by atoms with van der Waals surface area (Å²) in [5, 5.41) is 0.886. The van der Waals surface area contributed by atoms with Gasteiger partial charge < -0.3 is 0 Å². The van der Waals surface area contributed by atoms with Crippen molar-refractivity contribution in [3.63, 3.8) is 0 Å². The minimum absolute atomic E-state index is 0.0399. The highest BCUT2D eigenvalue weighted by Crippen LogP contribution is 2.30. The van der Waals surface area contributed by atoms with E-state index < -0.39 is 0 Å². The van der Waals surface area contributed by atoms with E-state index in [9.17, 15) is 4.79 Å². The van der Waals surface area contributed by atoms with Crippen LogP contribution in [0.3, 0.4) is 0 Å². The first kappa shape index (κ1) is 11.0. The fourth-order valence-electron chi connectivity index (χ4n) is 0.964. The lowest BCUT2D eigenvalue weighted by Crippen LogP contribution is -1.94. The Hall–Kier alpha value is -0.100. The number of benzene rings is 1.